The quantitative estimate of drug-likeness (QED) is 0.293. The largest absolute Gasteiger partial charge is 0.392 e. The van der Waals surface area contributed by atoms with Gasteiger partial charge in [-0.2, -0.15) is 0 Å². The number of carbonyl (C=O) groups is 1. The summed E-state index contributed by atoms with van der Waals surface area (Å²) in [6.45, 7) is 17.4. The lowest BCUT2D eigenvalue weighted by atomic mass is 9.38. The minimum absolute atomic E-state index is 0.0517. The van der Waals surface area contributed by atoms with Gasteiger partial charge in [-0.05, 0) is 80.5 Å². The van der Waals surface area contributed by atoms with Gasteiger partial charge in [0.05, 0.1) is 12.2 Å². The van der Waals surface area contributed by atoms with E-state index in [1.54, 1.807) is 0 Å². The van der Waals surface area contributed by atoms with Gasteiger partial charge < -0.3 is 15.0 Å². The van der Waals surface area contributed by atoms with Crippen molar-refractivity contribution in [3.8, 4) is 0 Å². The highest BCUT2D eigenvalue weighted by atomic mass is 16.3. The Bertz CT molecular complexity index is 868. The number of hydrogen-bond donors (Lipinski definition) is 2. The van der Waals surface area contributed by atoms with Gasteiger partial charge in [-0.25, -0.2) is 0 Å². The number of rotatable bonds is 5. The summed E-state index contributed by atoms with van der Waals surface area (Å²) in [5.41, 5.74) is 1.33. The molecule has 3 nitrogen and oxygen atoms in total. The molecule has 3 saturated carbocycles. The predicted molar refractivity (Wildman–Crippen MR) is 134 cm³/mol. The average molecular weight is 455 g/mol. The third-order valence-corrected chi connectivity index (χ3v) is 11.3. The molecule has 33 heavy (non-hydrogen) atoms. The van der Waals surface area contributed by atoms with Crippen LogP contribution in [-0.2, 0) is 4.79 Å². The Morgan fingerprint density at radius 3 is 2.45 bits per heavy atom. The van der Waals surface area contributed by atoms with E-state index in [-0.39, 0.29) is 22.7 Å². The molecule has 4 aliphatic rings. The Morgan fingerprint density at radius 1 is 1.12 bits per heavy atom. The van der Waals surface area contributed by atoms with Crippen molar-refractivity contribution in [3.05, 3.63) is 36.0 Å². The van der Waals surface area contributed by atoms with Crippen molar-refractivity contribution in [2.45, 2.75) is 98.7 Å². The fourth-order valence-corrected chi connectivity index (χ4v) is 9.20. The van der Waals surface area contributed by atoms with E-state index in [1.165, 1.54) is 12.7 Å². The van der Waals surface area contributed by atoms with Crippen molar-refractivity contribution in [2.24, 2.45) is 45.3 Å². The third-order valence-electron chi connectivity index (χ3n) is 11.3. The molecule has 0 spiro atoms. The Morgan fingerprint density at radius 2 is 1.82 bits per heavy atom. The molecule has 4 aliphatic carbocycles. The first-order chi connectivity index (χ1) is 15.3. The van der Waals surface area contributed by atoms with Crippen molar-refractivity contribution in [1.82, 2.24) is 0 Å². The molecule has 0 unspecified atom stereocenters. The first kappa shape index (κ1) is 24.9. The molecule has 4 rings (SSSR count). The second-order valence-corrected chi connectivity index (χ2v) is 13.1. The zero-order valence-electron chi connectivity index (χ0n) is 21.7. The fraction of sp³-hybridized carbons (Fsp3) is 0.767. The molecule has 9 atom stereocenters. The van der Waals surface area contributed by atoms with Gasteiger partial charge in [-0.1, -0.05) is 70.6 Å². The minimum Gasteiger partial charge on any atom is -0.392 e. The van der Waals surface area contributed by atoms with E-state index in [1.807, 2.05) is 6.92 Å². The monoisotopic (exact) mass is 454 g/mol. The first-order valence-corrected chi connectivity index (χ1v) is 13.2. The van der Waals surface area contributed by atoms with E-state index in [0.717, 1.165) is 49.7 Å². The van der Waals surface area contributed by atoms with E-state index in [9.17, 15) is 15.0 Å². The van der Waals surface area contributed by atoms with Crippen molar-refractivity contribution >= 4 is 6.29 Å². The number of aliphatic hydroxyl groups excluding tert-OH is 2. The minimum atomic E-state index is -0.631. The molecule has 0 bridgehead atoms. The van der Waals surface area contributed by atoms with Crippen molar-refractivity contribution in [3.63, 3.8) is 0 Å². The van der Waals surface area contributed by atoms with Gasteiger partial charge in [0.2, 0.25) is 0 Å². The molecule has 0 heterocycles. The summed E-state index contributed by atoms with van der Waals surface area (Å²) in [6, 6.07) is 0. The molecule has 3 heteroatoms. The summed E-state index contributed by atoms with van der Waals surface area (Å²) in [4.78, 5) is 13.0. The van der Waals surface area contributed by atoms with E-state index >= 15 is 0 Å². The van der Waals surface area contributed by atoms with Gasteiger partial charge in [0.15, 0.2) is 0 Å². The molecular weight excluding hydrogens is 408 g/mol. The molecule has 3 fully saturated rings. The van der Waals surface area contributed by atoms with Crippen LogP contribution in [0.2, 0.25) is 0 Å². The van der Waals surface area contributed by atoms with Crippen molar-refractivity contribution in [2.75, 3.05) is 0 Å². The summed E-state index contributed by atoms with van der Waals surface area (Å²) < 4.78 is 0. The smallest absolute Gasteiger partial charge is 0.127 e. The Kier molecular flexibility index (Phi) is 6.19. The van der Waals surface area contributed by atoms with Crippen LogP contribution in [0.4, 0.5) is 0 Å². The molecule has 0 aromatic heterocycles. The zero-order chi connectivity index (χ0) is 24.4. The maximum Gasteiger partial charge on any atom is 0.127 e. The standard InChI is InChI=1S/C30H46O3/c1-19(2)9-8-10-20(3)21-13-14-29(7)26-24(32)17-23-22(11-12-25(33)27(23,4)5)30(26,18-31)16-15-28(21,29)6/h8-9,17-18,20-22,24-26,32-33H,1,10-16H2,2-7H3/b9-8+/t20-,21-,22-,24+,25+,26+,28-,29+,30-/m1/s1. The summed E-state index contributed by atoms with van der Waals surface area (Å²) in [6.07, 6.45) is 13.4. The lowest BCUT2D eigenvalue weighted by Crippen LogP contribution is -2.64. The second kappa shape index (κ2) is 8.19. The summed E-state index contributed by atoms with van der Waals surface area (Å²) in [5.74, 6) is 1.23. The molecule has 0 aromatic carbocycles. The average Bonchev–Trinajstić information content (AvgIpc) is 3.01. The van der Waals surface area contributed by atoms with Gasteiger partial charge in [-0.15, -0.1) is 0 Å². The Labute approximate surface area is 201 Å². The van der Waals surface area contributed by atoms with E-state index in [2.05, 4.69) is 59.4 Å². The van der Waals surface area contributed by atoms with Gasteiger partial charge in [0.1, 0.15) is 6.29 Å². The number of fused-ring (bicyclic) bond motifs is 5. The number of carbonyl (C=O) groups excluding carboxylic acids is 1. The fourth-order valence-electron chi connectivity index (χ4n) is 9.20. The second-order valence-electron chi connectivity index (χ2n) is 13.1. The van der Waals surface area contributed by atoms with Crippen molar-refractivity contribution < 1.29 is 15.0 Å². The van der Waals surface area contributed by atoms with Crippen LogP contribution >= 0.6 is 0 Å². The van der Waals surface area contributed by atoms with Gasteiger partial charge in [0.25, 0.3) is 0 Å². The maximum absolute atomic E-state index is 13.0. The van der Waals surface area contributed by atoms with E-state index in [4.69, 9.17) is 0 Å². The topological polar surface area (TPSA) is 57.5 Å². The molecule has 2 N–H and O–H groups in total. The molecule has 0 amide bonds. The summed E-state index contributed by atoms with van der Waals surface area (Å²) >= 11 is 0. The number of aliphatic hydroxyl groups is 2. The molecule has 0 aromatic rings. The van der Waals surface area contributed by atoms with Crippen LogP contribution in [-0.4, -0.2) is 28.7 Å². The van der Waals surface area contributed by atoms with Gasteiger partial charge in [-0.3, -0.25) is 0 Å². The first-order valence-electron chi connectivity index (χ1n) is 13.2. The normalized spacial score (nSPS) is 47.3. The van der Waals surface area contributed by atoms with Crippen LogP contribution < -0.4 is 0 Å². The predicted octanol–water partition coefficient (Wildman–Crippen LogP) is 6.26. The molecule has 0 aliphatic heterocycles. The SMILES string of the molecule is C=C(C)/C=C/C[C@@H](C)[C@H]1CC[C@@]2(C)[C@@H]3[C@@H](O)C=C4[C@@H](CC[C@H](O)C4(C)C)[C@]3(C=O)CC[C@]12C. The lowest BCUT2D eigenvalue weighted by molar-refractivity contribution is -0.182. The molecular formula is C30H46O3. The van der Waals surface area contributed by atoms with E-state index < -0.39 is 23.0 Å². The van der Waals surface area contributed by atoms with Crippen LogP contribution in [0.15, 0.2) is 36.0 Å². The number of hydrogen-bond acceptors (Lipinski definition) is 3. The molecule has 0 saturated heterocycles. The van der Waals surface area contributed by atoms with Gasteiger partial charge in [0, 0.05) is 16.7 Å². The molecule has 0 radical (unpaired) electrons. The van der Waals surface area contributed by atoms with Crippen molar-refractivity contribution in [1.29, 1.82) is 0 Å². The highest BCUT2D eigenvalue weighted by Crippen LogP contribution is 2.74. The lowest BCUT2D eigenvalue weighted by Gasteiger charge is -2.66. The summed E-state index contributed by atoms with van der Waals surface area (Å²) in [5, 5.41) is 22.4. The highest BCUT2D eigenvalue weighted by molar-refractivity contribution is 5.65. The Hall–Kier alpha value is -1.19. The highest BCUT2D eigenvalue weighted by Gasteiger charge is 2.70. The maximum atomic E-state index is 13.0. The van der Waals surface area contributed by atoms with Gasteiger partial charge >= 0.3 is 0 Å². The molecule has 184 valence electrons. The van der Waals surface area contributed by atoms with Crippen LogP contribution in [0, 0.1) is 45.3 Å². The third kappa shape index (κ3) is 3.39. The summed E-state index contributed by atoms with van der Waals surface area (Å²) in [7, 11) is 0. The zero-order valence-corrected chi connectivity index (χ0v) is 21.7. The number of aldehydes is 1. The van der Waals surface area contributed by atoms with Crippen LogP contribution in [0.5, 0.6) is 0 Å². The van der Waals surface area contributed by atoms with Crippen LogP contribution in [0.3, 0.4) is 0 Å². The van der Waals surface area contributed by atoms with Crippen LogP contribution in [0.25, 0.3) is 0 Å². The number of allylic oxidation sites excluding steroid dienone is 3. The van der Waals surface area contributed by atoms with Crippen LogP contribution in [0.1, 0.15) is 86.5 Å². The van der Waals surface area contributed by atoms with E-state index in [0.29, 0.717) is 11.8 Å². The Balaban J connectivity index is 1.73.